The molecule has 3 rings (SSSR count). The SMILES string of the molecule is Cc1[c]c(Cc2ccccc2-c2ccccc2)ncc1. The van der Waals surface area contributed by atoms with Gasteiger partial charge in [-0.3, -0.25) is 4.98 Å². The third-order valence-corrected chi connectivity index (χ3v) is 3.36. The van der Waals surface area contributed by atoms with Crippen LogP contribution in [0.25, 0.3) is 11.1 Å². The number of hydrogen-bond acceptors (Lipinski definition) is 1. The van der Waals surface area contributed by atoms with Crippen molar-refractivity contribution >= 4 is 0 Å². The number of nitrogens with zero attached hydrogens (tertiary/aromatic N) is 1. The van der Waals surface area contributed by atoms with E-state index in [2.05, 4.69) is 59.6 Å². The highest BCUT2D eigenvalue weighted by molar-refractivity contribution is 5.67. The molecule has 0 aliphatic heterocycles. The predicted molar refractivity (Wildman–Crippen MR) is 82.5 cm³/mol. The van der Waals surface area contributed by atoms with Crippen LogP contribution in [0.5, 0.6) is 0 Å². The standard InChI is InChI=1S/C19H16N/c1-15-11-12-20-18(13-15)14-17-9-5-6-10-19(17)16-7-3-2-4-8-16/h2-12H,14H2,1H3. The van der Waals surface area contributed by atoms with Crippen LogP contribution in [-0.2, 0) is 6.42 Å². The first kappa shape index (κ1) is 12.6. The minimum absolute atomic E-state index is 0.812. The fraction of sp³-hybridized carbons (Fsp3) is 0.105. The Morgan fingerprint density at radius 3 is 2.45 bits per heavy atom. The fourth-order valence-electron chi connectivity index (χ4n) is 2.38. The number of aromatic nitrogens is 1. The molecule has 1 heterocycles. The summed E-state index contributed by atoms with van der Waals surface area (Å²) in [4.78, 5) is 4.41. The Morgan fingerprint density at radius 2 is 1.65 bits per heavy atom. The highest BCUT2D eigenvalue weighted by atomic mass is 14.7. The van der Waals surface area contributed by atoms with Gasteiger partial charge in [0, 0.05) is 18.7 Å². The van der Waals surface area contributed by atoms with Crippen molar-refractivity contribution in [2.75, 3.05) is 0 Å². The zero-order valence-electron chi connectivity index (χ0n) is 11.5. The summed E-state index contributed by atoms with van der Waals surface area (Å²) < 4.78 is 0. The van der Waals surface area contributed by atoms with Crippen LogP contribution in [0.1, 0.15) is 16.8 Å². The maximum absolute atomic E-state index is 4.41. The Balaban J connectivity index is 1.99. The van der Waals surface area contributed by atoms with E-state index in [1.165, 1.54) is 16.7 Å². The zero-order chi connectivity index (χ0) is 13.8. The van der Waals surface area contributed by atoms with E-state index in [4.69, 9.17) is 0 Å². The molecule has 20 heavy (non-hydrogen) atoms. The normalized spacial score (nSPS) is 10.4. The first-order valence-electron chi connectivity index (χ1n) is 6.80. The molecule has 0 saturated heterocycles. The molecule has 3 aromatic rings. The summed E-state index contributed by atoms with van der Waals surface area (Å²) in [6.45, 7) is 2.05. The van der Waals surface area contributed by atoms with E-state index in [-0.39, 0.29) is 0 Å². The van der Waals surface area contributed by atoms with E-state index in [1.54, 1.807) is 0 Å². The number of aryl methyl sites for hydroxylation is 1. The lowest BCUT2D eigenvalue weighted by molar-refractivity contribution is 1.06. The lowest BCUT2D eigenvalue weighted by atomic mass is 9.96. The van der Waals surface area contributed by atoms with Crippen LogP contribution < -0.4 is 0 Å². The molecule has 1 aromatic heterocycles. The number of hydrogen-bond donors (Lipinski definition) is 0. The molecule has 0 bridgehead atoms. The second kappa shape index (κ2) is 5.70. The van der Waals surface area contributed by atoms with Crippen molar-refractivity contribution in [3.63, 3.8) is 0 Å². The van der Waals surface area contributed by atoms with Gasteiger partial charge < -0.3 is 0 Å². The van der Waals surface area contributed by atoms with E-state index >= 15 is 0 Å². The van der Waals surface area contributed by atoms with E-state index in [0.717, 1.165) is 17.7 Å². The van der Waals surface area contributed by atoms with Crippen molar-refractivity contribution in [2.24, 2.45) is 0 Å². The number of pyridine rings is 1. The quantitative estimate of drug-likeness (QED) is 0.676. The molecule has 1 radical (unpaired) electrons. The van der Waals surface area contributed by atoms with Gasteiger partial charge in [-0.25, -0.2) is 0 Å². The highest BCUT2D eigenvalue weighted by Gasteiger charge is 2.06. The maximum atomic E-state index is 4.41. The summed E-state index contributed by atoms with van der Waals surface area (Å²) >= 11 is 0. The molecule has 0 aliphatic rings. The molecule has 0 fully saturated rings. The van der Waals surface area contributed by atoms with Crippen LogP contribution in [0, 0.1) is 13.0 Å². The Morgan fingerprint density at radius 1 is 0.900 bits per heavy atom. The molecule has 2 aromatic carbocycles. The van der Waals surface area contributed by atoms with Gasteiger partial charge in [-0.05, 0) is 35.2 Å². The first-order valence-corrected chi connectivity index (χ1v) is 6.80. The Bertz CT molecular complexity index is 702. The zero-order valence-corrected chi connectivity index (χ0v) is 11.5. The Labute approximate surface area is 119 Å². The van der Waals surface area contributed by atoms with Gasteiger partial charge in [0.1, 0.15) is 0 Å². The molecule has 0 N–H and O–H groups in total. The van der Waals surface area contributed by atoms with Crippen LogP contribution in [0.15, 0.2) is 66.9 Å². The summed E-state index contributed by atoms with van der Waals surface area (Å²) in [6.07, 6.45) is 2.67. The topological polar surface area (TPSA) is 12.9 Å². The van der Waals surface area contributed by atoms with Crippen molar-refractivity contribution in [1.29, 1.82) is 0 Å². The van der Waals surface area contributed by atoms with Crippen molar-refractivity contribution in [2.45, 2.75) is 13.3 Å². The predicted octanol–water partition coefficient (Wildman–Crippen LogP) is 4.45. The number of benzene rings is 2. The molecule has 0 aliphatic carbocycles. The van der Waals surface area contributed by atoms with Crippen molar-refractivity contribution in [1.82, 2.24) is 4.98 Å². The third-order valence-electron chi connectivity index (χ3n) is 3.36. The first-order chi connectivity index (χ1) is 9.83. The highest BCUT2D eigenvalue weighted by Crippen LogP contribution is 2.25. The van der Waals surface area contributed by atoms with Crippen molar-refractivity contribution < 1.29 is 0 Å². The molecule has 0 atom stereocenters. The molecule has 0 spiro atoms. The lowest BCUT2D eigenvalue weighted by Crippen LogP contribution is -1.95. The molecule has 0 amide bonds. The molecule has 97 valence electrons. The second-order valence-corrected chi connectivity index (χ2v) is 4.90. The number of rotatable bonds is 3. The maximum Gasteiger partial charge on any atom is 0.0529 e. The van der Waals surface area contributed by atoms with Crippen LogP contribution >= 0.6 is 0 Å². The molecule has 0 unspecified atom stereocenters. The van der Waals surface area contributed by atoms with E-state index in [1.807, 2.05) is 25.3 Å². The summed E-state index contributed by atoms with van der Waals surface area (Å²) in [6, 6.07) is 24.3. The van der Waals surface area contributed by atoms with Crippen LogP contribution in [0.2, 0.25) is 0 Å². The van der Waals surface area contributed by atoms with Gasteiger partial charge in [0.15, 0.2) is 0 Å². The summed E-state index contributed by atoms with van der Waals surface area (Å²) in [5.41, 5.74) is 5.93. The van der Waals surface area contributed by atoms with E-state index < -0.39 is 0 Å². The van der Waals surface area contributed by atoms with Gasteiger partial charge in [0.2, 0.25) is 0 Å². The van der Waals surface area contributed by atoms with Crippen molar-refractivity contribution in [3.8, 4) is 11.1 Å². The second-order valence-electron chi connectivity index (χ2n) is 4.90. The van der Waals surface area contributed by atoms with Crippen LogP contribution in [-0.4, -0.2) is 4.98 Å². The van der Waals surface area contributed by atoms with E-state index in [9.17, 15) is 0 Å². The van der Waals surface area contributed by atoms with Gasteiger partial charge in [-0.1, -0.05) is 54.6 Å². The van der Waals surface area contributed by atoms with Gasteiger partial charge in [-0.15, -0.1) is 0 Å². The monoisotopic (exact) mass is 258 g/mol. The fourth-order valence-corrected chi connectivity index (χ4v) is 2.38. The van der Waals surface area contributed by atoms with Crippen LogP contribution in [0.3, 0.4) is 0 Å². The molecular weight excluding hydrogens is 242 g/mol. The summed E-state index contributed by atoms with van der Waals surface area (Å²) in [5.74, 6) is 0. The van der Waals surface area contributed by atoms with Gasteiger partial charge in [-0.2, -0.15) is 0 Å². The minimum Gasteiger partial charge on any atom is -0.260 e. The molecule has 0 saturated carbocycles. The summed E-state index contributed by atoms with van der Waals surface area (Å²) in [7, 11) is 0. The molecule has 1 heteroatoms. The van der Waals surface area contributed by atoms with Crippen molar-refractivity contribution in [3.05, 3.63) is 89.7 Å². The Kier molecular flexibility index (Phi) is 3.60. The minimum atomic E-state index is 0.812. The van der Waals surface area contributed by atoms with Gasteiger partial charge in [0.05, 0.1) is 5.69 Å². The largest absolute Gasteiger partial charge is 0.260 e. The van der Waals surface area contributed by atoms with Gasteiger partial charge >= 0.3 is 0 Å². The summed E-state index contributed by atoms with van der Waals surface area (Å²) in [5, 5.41) is 0. The average molecular weight is 258 g/mol. The third kappa shape index (κ3) is 2.77. The van der Waals surface area contributed by atoms with Gasteiger partial charge in [0.25, 0.3) is 0 Å². The smallest absolute Gasteiger partial charge is 0.0529 e. The van der Waals surface area contributed by atoms with Crippen LogP contribution in [0.4, 0.5) is 0 Å². The average Bonchev–Trinajstić information content (AvgIpc) is 2.49. The molecule has 1 nitrogen and oxygen atoms in total. The lowest BCUT2D eigenvalue weighted by Gasteiger charge is -2.09. The van der Waals surface area contributed by atoms with E-state index in [0.29, 0.717) is 0 Å². The molecular formula is C19H16N. The Hall–Kier alpha value is -2.41.